The van der Waals surface area contributed by atoms with Gasteiger partial charge in [0.2, 0.25) is 0 Å². The van der Waals surface area contributed by atoms with E-state index in [1.807, 2.05) is 20.8 Å². The number of hydrogen-bond donors (Lipinski definition) is 0. The van der Waals surface area contributed by atoms with Gasteiger partial charge in [-0.2, -0.15) is 0 Å². The van der Waals surface area contributed by atoms with Crippen LogP contribution in [0.4, 0.5) is 4.79 Å². The fourth-order valence-electron chi connectivity index (χ4n) is 2.52. The summed E-state index contributed by atoms with van der Waals surface area (Å²) in [6.07, 6.45) is -0.366. The lowest BCUT2D eigenvalue weighted by Gasteiger charge is -2.24. The molecule has 0 aromatic carbocycles. The van der Waals surface area contributed by atoms with Crippen LogP contribution in [0.1, 0.15) is 27.7 Å². The normalized spacial score (nSPS) is 11.5. The predicted molar refractivity (Wildman–Crippen MR) is 142 cm³/mol. The number of hydrogen-bond acceptors (Lipinski definition) is 12. The van der Waals surface area contributed by atoms with Crippen LogP contribution < -0.4 is 0 Å². The second-order valence-electron chi connectivity index (χ2n) is 9.14. The maximum Gasteiger partial charge on any atom is 0.410 e. The second-order valence-corrected chi connectivity index (χ2v) is 9.14. The molecule has 0 atom stereocenters. The van der Waals surface area contributed by atoms with E-state index in [4.69, 9.17) is 47.4 Å². The van der Waals surface area contributed by atoms with Crippen LogP contribution in [-0.4, -0.2) is 148 Å². The molecular weight excluding hydrogens is 518 g/mol. The minimum absolute atomic E-state index is 0.255. The van der Waals surface area contributed by atoms with E-state index in [1.54, 1.807) is 7.05 Å². The molecule has 13 heteroatoms. The number of nitrogens with zero attached hydrogens (tertiary/aromatic N) is 1. The monoisotopic (exact) mass is 569 g/mol. The molecule has 0 spiro atoms. The van der Waals surface area contributed by atoms with Gasteiger partial charge >= 0.3 is 12.1 Å². The van der Waals surface area contributed by atoms with Crippen LogP contribution in [0.3, 0.4) is 0 Å². The second kappa shape index (κ2) is 26.6. The van der Waals surface area contributed by atoms with Crippen molar-refractivity contribution in [1.29, 1.82) is 0 Å². The highest BCUT2D eigenvalue weighted by atomic mass is 16.6. The topological polar surface area (TPSA) is 130 Å². The van der Waals surface area contributed by atoms with Crippen LogP contribution in [0.25, 0.3) is 0 Å². The summed E-state index contributed by atoms with van der Waals surface area (Å²) in [7, 11) is 1.68. The molecular formula is C26H51NO12. The third kappa shape index (κ3) is 30.8. The molecule has 0 aromatic rings. The van der Waals surface area contributed by atoms with Crippen LogP contribution >= 0.6 is 0 Å². The first-order chi connectivity index (χ1) is 18.7. The summed E-state index contributed by atoms with van der Waals surface area (Å²) in [6, 6.07) is 0. The molecule has 0 aromatic heterocycles. The molecule has 0 unspecified atom stereocenters. The van der Waals surface area contributed by atoms with Crippen molar-refractivity contribution < 1.29 is 57.0 Å². The molecule has 0 saturated heterocycles. The zero-order valence-electron chi connectivity index (χ0n) is 24.6. The van der Waals surface area contributed by atoms with Gasteiger partial charge < -0.3 is 52.3 Å². The van der Waals surface area contributed by atoms with Crippen LogP contribution in [0.5, 0.6) is 0 Å². The van der Waals surface area contributed by atoms with E-state index in [-0.39, 0.29) is 18.7 Å². The van der Waals surface area contributed by atoms with Crippen molar-refractivity contribution in [2.24, 2.45) is 0 Å². The first kappa shape index (κ1) is 37.4. The van der Waals surface area contributed by atoms with Crippen molar-refractivity contribution >= 4 is 12.1 Å². The molecule has 0 radical (unpaired) electrons. The molecule has 13 nitrogen and oxygen atoms in total. The summed E-state index contributed by atoms with van der Waals surface area (Å²) < 4.78 is 53.3. The fourth-order valence-corrected chi connectivity index (χ4v) is 2.52. The SMILES string of the molecule is CC(=O)OCCOCCOCCOCCOCCOCCOCCOCCOCCN(C)C(=O)OC(C)(C)C. The standard InChI is InChI=1S/C26H51NO12/c1-24(28)38-23-22-37-21-20-36-19-18-35-17-16-34-15-14-33-13-12-32-11-10-31-9-8-30-7-6-27(5)25(29)39-26(2,3)4/h6-23H2,1-5H3. The number of carbonyl (C=O) groups is 2. The molecule has 0 fully saturated rings. The highest BCUT2D eigenvalue weighted by Crippen LogP contribution is 2.08. The Morgan fingerprint density at radius 2 is 0.795 bits per heavy atom. The summed E-state index contributed by atoms with van der Waals surface area (Å²) >= 11 is 0. The van der Waals surface area contributed by atoms with E-state index in [0.717, 1.165) is 0 Å². The minimum Gasteiger partial charge on any atom is -0.463 e. The molecule has 0 N–H and O–H groups in total. The fraction of sp³-hybridized carbons (Fsp3) is 0.923. The van der Waals surface area contributed by atoms with Crippen LogP contribution in [0.2, 0.25) is 0 Å². The molecule has 1 amide bonds. The number of carbonyl (C=O) groups excluding carboxylic acids is 2. The summed E-state index contributed by atoms with van der Waals surface area (Å²) in [6.45, 7) is 15.0. The lowest BCUT2D eigenvalue weighted by atomic mass is 10.2. The van der Waals surface area contributed by atoms with E-state index >= 15 is 0 Å². The quantitative estimate of drug-likeness (QED) is 0.105. The van der Waals surface area contributed by atoms with Gasteiger partial charge in [0.25, 0.3) is 0 Å². The molecule has 39 heavy (non-hydrogen) atoms. The molecule has 232 valence electrons. The molecule has 0 aliphatic carbocycles. The van der Waals surface area contributed by atoms with Crippen molar-refractivity contribution in [3.8, 4) is 0 Å². The van der Waals surface area contributed by atoms with Crippen molar-refractivity contribution in [3.05, 3.63) is 0 Å². The molecule has 0 bridgehead atoms. The van der Waals surface area contributed by atoms with Gasteiger partial charge in [-0.15, -0.1) is 0 Å². The van der Waals surface area contributed by atoms with Gasteiger partial charge in [0.05, 0.1) is 106 Å². The molecule has 0 aliphatic heterocycles. The van der Waals surface area contributed by atoms with Gasteiger partial charge in [0.1, 0.15) is 12.2 Å². The number of amides is 1. The number of esters is 1. The first-order valence-electron chi connectivity index (χ1n) is 13.4. The Morgan fingerprint density at radius 3 is 1.08 bits per heavy atom. The smallest absolute Gasteiger partial charge is 0.410 e. The summed E-state index contributed by atoms with van der Waals surface area (Å²) in [5, 5.41) is 0. The Kier molecular flexibility index (Phi) is 25.6. The van der Waals surface area contributed by atoms with Gasteiger partial charge in [0.15, 0.2) is 0 Å². The lowest BCUT2D eigenvalue weighted by molar-refractivity contribution is -0.142. The van der Waals surface area contributed by atoms with E-state index < -0.39 is 5.60 Å². The average Bonchev–Trinajstić information content (AvgIpc) is 2.86. The number of likely N-dealkylation sites (N-methyl/N-ethyl adjacent to an activating group) is 1. The maximum absolute atomic E-state index is 11.8. The van der Waals surface area contributed by atoms with E-state index in [0.29, 0.717) is 112 Å². The van der Waals surface area contributed by atoms with E-state index in [1.165, 1.54) is 11.8 Å². The Hall–Kier alpha value is -1.58. The summed E-state index contributed by atoms with van der Waals surface area (Å²) in [4.78, 5) is 23.9. The highest BCUT2D eigenvalue weighted by molar-refractivity contribution is 5.67. The van der Waals surface area contributed by atoms with Crippen LogP contribution in [0, 0.1) is 0 Å². The first-order valence-corrected chi connectivity index (χ1v) is 13.4. The van der Waals surface area contributed by atoms with Crippen molar-refractivity contribution in [3.63, 3.8) is 0 Å². The van der Waals surface area contributed by atoms with Crippen molar-refractivity contribution in [2.75, 3.05) is 126 Å². The number of rotatable bonds is 27. The van der Waals surface area contributed by atoms with E-state index in [9.17, 15) is 9.59 Å². The highest BCUT2D eigenvalue weighted by Gasteiger charge is 2.19. The predicted octanol–water partition coefficient (Wildman–Crippen LogP) is 1.55. The van der Waals surface area contributed by atoms with Crippen LogP contribution in [0.15, 0.2) is 0 Å². The van der Waals surface area contributed by atoms with Crippen molar-refractivity contribution in [2.45, 2.75) is 33.3 Å². The molecule has 0 rings (SSSR count). The van der Waals surface area contributed by atoms with Gasteiger partial charge in [-0.25, -0.2) is 4.79 Å². The Morgan fingerprint density at radius 1 is 0.513 bits per heavy atom. The van der Waals surface area contributed by atoms with Gasteiger partial charge in [-0.3, -0.25) is 4.79 Å². The largest absolute Gasteiger partial charge is 0.463 e. The third-order valence-corrected chi connectivity index (χ3v) is 4.41. The molecule has 0 heterocycles. The summed E-state index contributed by atoms with van der Waals surface area (Å²) in [5.41, 5.74) is -0.509. The van der Waals surface area contributed by atoms with Gasteiger partial charge in [-0.05, 0) is 20.8 Å². The third-order valence-electron chi connectivity index (χ3n) is 4.41. The Balaban J connectivity index is 3.17. The molecule has 0 saturated carbocycles. The van der Waals surface area contributed by atoms with Gasteiger partial charge in [0, 0.05) is 20.5 Å². The minimum atomic E-state index is -0.509. The maximum atomic E-state index is 11.8. The summed E-state index contributed by atoms with van der Waals surface area (Å²) in [5.74, 6) is -0.314. The zero-order valence-corrected chi connectivity index (χ0v) is 24.6. The van der Waals surface area contributed by atoms with Gasteiger partial charge in [-0.1, -0.05) is 0 Å². The van der Waals surface area contributed by atoms with Crippen LogP contribution in [-0.2, 0) is 52.2 Å². The Labute approximate surface area is 233 Å². The average molecular weight is 570 g/mol. The van der Waals surface area contributed by atoms with E-state index in [2.05, 4.69) is 0 Å². The Bertz CT molecular complexity index is 574. The van der Waals surface area contributed by atoms with Crippen molar-refractivity contribution in [1.82, 2.24) is 4.90 Å². The number of ether oxygens (including phenoxy) is 10. The lowest BCUT2D eigenvalue weighted by Crippen LogP contribution is -2.36. The molecule has 0 aliphatic rings. The zero-order chi connectivity index (χ0) is 29.0.